The van der Waals surface area contributed by atoms with Crippen molar-refractivity contribution in [3.05, 3.63) is 59.0 Å². The molecule has 3 aromatic heterocycles. The maximum atomic E-state index is 14.8. The highest BCUT2D eigenvalue weighted by Gasteiger charge is 2.16. The third-order valence-electron chi connectivity index (χ3n) is 4.19. The number of aromatic nitrogens is 4. The van der Waals surface area contributed by atoms with Gasteiger partial charge in [-0.15, -0.1) is 11.3 Å². The maximum absolute atomic E-state index is 14.8. The molecule has 130 valence electrons. The van der Waals surface area contributed by atoms with E-state index < -0.39 is 5.82 Å². The molecule has 0 bridgehead atoms. The Hall–Kier alpha value is -2.93. The van der Waals surface area contributed by atoms with Crippen molar-refractivity contribution < 1.29 is 9.13 Å². The van der Waals surface area contributed by atoms with Gasteiger partial charge in [0.25, 0.3) is 0 Å². The molecule has 3 heterocycles. The van der Waals surface area contributed by atoms with Gasteiger partial charge >= 0.3 is 0 Å². The van der Waals surface area contributed by atoms with Crippen LogP contribution < -0.4 is 4.74 Å². The number of aryl methyl sites for hydroxylation is 3. The first-order valence-electron chi connectivity index (χ1n) is 7.99. The second-order valence-electron chi connectivity index (χ2n) is 5.94. The van der Waals surface area contributed by atoms with E-state index in [1.54, 1.807) is 23.8 Å². The van der Waals surface area contributed by atoms with E-state index in [0.717, 1.165) is 38.3 Å². The summed E-state index contributed by atoms with van der Waals surface area (Å²) in [5.41, 5.74) is 6.59. The molecule has 0 fully saturated rings. The molecule has 7 heteroatoms. The van der Waals surface area contributed by atoms with Crippen LogP contribution >= 0.6 is 11.3 Å². The minimum atomic E-state index is -0.462. The summed E-state index contributed by atoms with van der Waals surface area (Å²) in [5, 5.41) is 0. The Morgan fingerprint density at radius 2 is 1.77 bits per heavy atom. The predicted molar refractivity (Wildman–Crippen MR) is 99.1 cm³/mol. The van der Waals surface area contributed by atoms with Gasteiger partial charge in [0.05, 0.1) is 11.0 Å². The van der Waals surface area contributed by atoms with Gasteiger partial charge in [0.15, 0.2) is 11.6 Å². The lowest BCUT2D eigenvalue weighted by atomic mass is 9.97. The lowest BCUT2D eigenvalue weighted by molar-refractivity contribution is 0.432. The number of hydrogen-bond acceptors (Lipinski definition) is 6. The van der Waals surface area contributed by atoms with Crippen molar-refractivity contribution in [3.8, 4) is 22.8 Å². The fourth-order valence-corrected chi connectivity index (χ4v) is 3.64. The molecule has 0 saturated carbocycles. The molecule has 0 amide bonds. The SMILES string of the molecule is Cc1cc(Oc2nccc3ncsc23)c(F)cc1-c1c(C)ncnc1C. The molecular formula is C19H15FN4OS. The second kappa shape index (κ2) is 6.42. The Morgan fingerprint density at radius 1 is 1.00 bits per heavy atom. The van der Waals surface area contributed by atoms with Gasteiger partial charge in [0.2, 0.25) is 5.88 Å². The average molecular weight is 366 g/mol. The van der Waals surface area contributed by atoms with E-state index in [0.29, 0.717) is 5.88 Å². The van der Waals surface area contributed by atoms with Crippen molar-refractivity contribution in [2.24, 2.45) is 0 Å². The van der Waals surface area contributed by atoms with Crippen LogP contribution in [0.3, 0.4) is 0 Å². The fraction of sp³-hybridized carbons (Fsp3) is 0.158. The van der Waals surface area contributed by atoms with E-state index in [-0.39, 0.29) is 5.75 Å². The molecule has 0 aliphatic heterocycles. The summed E-state index contributed by atoms with van der Waals surface area (Å²) < 4.78 is 21.3. The lowest BCUT2D eigenvalue weighted by Gasteiger charge is -2.14. The maximum Gasteiger partial charge on any atom is 0.239 e. The van der Waals surface area contributed by atoms with Crippen LogP contribution in [0.1, 0.15) is 17.0 Å². The quantitative estimate of drug-likeness (QED) is 0.510. The molecule has 0 aliphatic rings. The van der Waals surface area contributed by atoms with Crippen molar-refractivity contribution in [1.82, 2.24) is 19.9 Å². The summed E-state index contributed by atoms with van der Waals surface area (Å²) in [6, 6.07) is 4.94. The fourth-order valence-electron chi connectivity index (χ4n) is 2.93. The molecule has 26 heavy (non-hydrogen) atoms. The molecule has 4 rings (SSSR count). The number of halogens is 1. The minimum absolute atomic E-state index is 0.131. The number of fused-ring (bicyclic) bond motifs is 1. The van der Waals surface area contributed by atoms with Crippen LogP contribution in [0.15, 0.2) is 36.2 Å². The zero-order chi connectivity index (χ0) is 18.3. The monoisotopic (exact) mass is 366 g/mol. The van der Waals surface area contributed by atoms with Crippen molar-refractivity contribution in [1.29, 1.82) is 0 Å². The predicted octanol–water partition coefficient (Wildman–Crippen LogP) is 5.00. The lowest BCUT2D eigenvalue weighted by Crippen LogP contribution is -1.99. The van der Waals surface area contributed by atoms with E-state index >= 15 is 0 Å². The van der Waals surface area contributed by atoms with Gasteiger partial charge in [0, 0.05) is 23.1 Å². The number of rotatable bonds is 3. The highest BCUT2D eigenvalue weighted by molar-refractivity contribution is 7.17. The van der Waals surface area contributed by atoms with Crippen LogP contribution in [0.5, 0.6) is 11.6 Å². The Labute approximate surface area is 153 Å². The number of ether oxygens (including phenoxy) is 1. The Balaban J connectivity index is 1.78. The van der Waals surface area contributed by atoms with E-state index in [1.165, 1.54) is 23.7 Å². The highest BCUT2D eigenvalue weighted by Crippen LogP contribution is 2.36. The zero-order valence-electron chi connectivity index (χ0n) is 14.4. The molecule has 5 nitrogen and oxygen atoms in total. The Kier molecular flexibility index (Phi) is 4.08. The number of nitrogens with zero attached hydrogens (tertiary/aromatic N) is 4. The molecule has 0 N–H and O–H groups in total. The van der Waals surface area contributed by atoms with Crippen molar-refractivity contribution in [2.45, 2.75) is 20.8 Å². The Morgan fingerprint density at radius 3 is 2.54 bits per heavy atom. The zero-order valence-corrected chi connectivity index (χ0v) is 15.3. The molecular weight excluding hydrogens is 351 g/mol. The van der Waals surface area contributed by atoms with Gasteiger partial charge in [-0.05, 0) is 50.1 Å². The second-order valence-corrected chi connectivity index (χ2v) is 6.79. The highest BCUT2D eigenvalue weighted by atomic mass is 32.1. The van der Waals surface area contributed by atoms with E-state index in [1.807, 2.05) is 20.8 Å². The third-order valence-corrected chi connectivity index (χ3v) is 5.02. The summed E-state index contributed by atoms with van der Waals surface area (Å²) >= 11 is 1.41. The summed E-state index contributed by atoms with van der Waals surface area (Å²) in [6.07, 6.45) is 3.11. The van der Waals surface area contributed by atoms with E-state index in [4.69, 9.17) is 4.74 Å². The number of pyridine rings is 1. The first kappa shape index (κ1) is 16.5. The van der Waals surface area contributed by atoms with E-state index in [2.05, 4.69) is 19.9 Å². The van der Waals surface area contributed by atoms with Gasteiger partial charge in [-0.3, -0.25) is 0 Å². The molecule has 0 spiro atoms. The summed E-state index contributed by atoms with van der Waals surface area (Å²) in [6.45, 7) is 5.69. The summed E-state index contributed by atoms with van der Waals surface area (Å²) in [4.78, 5) is 16.9. The van der Waals surface area contributed by atoms with Gasteiger partial charge in [-0.1, -0.05) is 0 Å². The van der Waals surface area contributed by atoms with Gasteiger partial charge in [-0.2, -0.15) is 0 Å². The first-order chi connectivity index (χ1) is 12.5. The average Bonchev–Trinajstić information content (AvgIpc) is 3.08. The molecule has 0 radical (unpaired) electrons. The van der Waals surface area contributed by atoms with Crippen LogP contribution in [0, 0.1) is 26.6 Å². The number of benzene rings is 1. The molecule has 0 unspecified atom stereocenters. The number of hydrogen-bond donors (Lipinski definition) is 0. The topological polar surface area (TPSA) is 60.8 Å². The van der Waals surface area contributed by atoms with Gasteiger partial charge in [0.1, 0.15) is 11.0 Å². The van der Waals surface area contributed by atoms with Gasteiger partial charge < -0.3 is 4.74 Å². The van der Waals surface area contributed by atoms with Crippen molar-refractivity contribution in [3.63, 3.8) is 0 Å². The number of thiazole rings is 1. The summed E-state index contributed by atoms with van der Waals surface area (Å²) in [7, 11) is 0. The van der Waals surface area contributed by atoms with Crippen LogP contribution in [-0.4, -0.2) is 19.9 Å². The van der Waals surface area contributed by atoms with Crippen LogP contribution in [-0.2, 0) is 0 Å². The normalized spacial score (nSPS) is 11.1. The van der Waals surface area contributed by atoms with Gasteiger partial charge in [-0.25, -0.2) is 24.3 Å². The largest absolute Gasteiger partial charge is 0.434 e. The minimum Gasteiger partial charge on any atom is -0.434 e. The van der Waals surface area contributed by atoms with Crippen molar-refractivity contribution in [2.75, 3.05) is 0 Å². The molecule has 4 aromatic rings. The Bertz CT molecular complexity index is 1110. The molecule has 0 atom stereocenters. The van der Waals surface area contributed by atoms with Crippen LogP contribution in [0.25, 0.3) is 21.3 Å². The van der Waals surface area contributed by atoms with E-state index in [9.17, 15) is 4.39 Å². The molecule has 0 saturated heterocycles. The van der Waals surface area contributed by atoms with Crippen molar-refractivity contribution >= 4 is 21.6 Å². The standard InChI is InChI=1S/C19H15FN4OS/c1-10-6-16(25-19-18-15(4-5-21-19)24-9-26-18)14(20)7-13(10)17-11(2)22-8-23-12(17)3/h4-9H,1-3H3. The summed E-state index contributed by atoms with van der Waals surface area (Å²) in [5.74, 6) is 0.0230. The smallest absolute Gasteiger partial charge is 0.239 e. The molecule has 0 aliphatic carbocycles. The third kappa shape index (κ3) is 2.80. The van der Waals surface area contributed by atoms with Crippen LogP contribution in [0.4, 0.5) is 4.39 Å². The first-order valence-corrected chi connectivity index (χ1v) is 8.87. The van der Waals surface area contributed by atoms with Crippen LogP contribution in [0.2, 0.25) is 0 Å². The molecule has 1 aromatic carbocycles.